The summed E-state index contributed by atoms with van der Waals surface area (Å²) in [6.45, 7) is 2.96. The Bertz CT molecular complexity index is 863. The van der Waals surface area contributed by atoms with Gasteiger partial charge in [0.25, 0.3) is 0 Å². The molecule has 2 fully saturated rings. The molecule has 2 heterocycles. The van der Waals surface area contributed by atoms with Crippen molar-refractivity contribution in [2.24, 2.45) is 4.99 Å². The van der Waals surface area contributed by atoms with Gasteiger partial charge in [-0.1, -0.05) is 48.5 Å². The van der Waals surface area contributed by atoms with Gasteiger partial charge in [0, 0.05) is 50.9 Å². The van der Waals surface area contributed by atoms with Gasteiger partial charge in [0.15, 0.2) is 5.96 Å². The van der Waals surface area contributed by atoms with E-state index in [1.807, 2.05) is 35.2 Å². The molecule has 1 atom stereocenters. The van der Waals surface area contributed by atoms with Gasteiger partial charge in [-0.2, -0.15) is 0 Å². The van der Waals surface area contributed by atoms with Gasteiger partial charge in [-0.15, -0.1) is 0 Å². The second-order valence-corrected chi connectivity index (χ2v) is 8.07. The fourth-order valence-electron chi connectivity index (χ4n) is 4.42. The summed E-state index contributed by atoms with van der Waals surface area (Å²) in [5.41, 5.74) is 2.31. The minimum Gasteiger partial charge on any atom is -0.381 e. The molecule has 0 spiro atoms. The maximum Gasteiger partial charge on any atom is 0.229 e. The minimum atomic E-state index is 0.0265. The molecule has 0 radical (unpaired) electrons. The number of para-hydroxylation sites is 1. The van der Waals surface area contributed by atoms with E-state index in [-0.39, 0.29) is 17.4 Å². The van der Waals surface area contributed by atoms with Crippen LogP contribution in [0.2, 0.25) is 0 Å². The van der Waals surface area contributed by atoms with E-state index in [1.165, 1.54) is 5.56 Å². The van der Waals surface area contributed by atoms with Gasteiger partial charge in [0.1, 0.15) is 0 Å². The largest absolute Gasteiger partial charge is 0.381 e. The van der Waals surface area contributed by atoms with Crippen molar-refractivity contribution >= 4 is 17.6 Å². The zero-order valence-electron chi connectivity index (χ0n) is 17.5. The number of nitrogens with one attached hydrogen (secondary N) is 2. The molecule has 2 aromatic carbocycles. The zero-order chi connectivity index (χ0) is 20.8. The van der Waals surface area contributed by atoms with Gasteiger partial charge in [-0.3, -0.25) is 9.79 Å². The third kappa shape index (κ3) is 4.49. The first-order valence-corrected chi connectivity index (χ1v) is 10.7. The normalized spacial score (nSPS) is 21.5. The van der Waals surface area contributed by atoms with E-state index in [0.29, 0.717) is 13.0 Å². The van der Waals surface area contributed by atoms with Crippen molar-refractivity contribution in [3.63, 3.8) is 0 Å². The number of carbonyl (C=O) groups excluding carboxylic acids is 1. The molecule has 1 unspecified atom stereocenters. The molecule has 0 aliphatic carbocycles. The topological polar surface area (TPSA) is 66.0 Å². The molecule has 1 amide bonds. The molecule has 2 saturated heterocycles. The Balaban J connectivity index is 1.39. The second kappa shape index (κ2) is 9.30. The molecule has 0 bridgehead atoms. The van der Waals surface area contributed by atoms with Gasteiger partial charge in [0.05, 0.1) is 6.04 Å². The van der Waals surface area contributed by atoms with Crippen molar-refractivity contribution in [2.45, 2.75) is 30.7 Å². The number of hydrogen-bond acceptors (Lipinski definition) is 3. The van der Waals surface area contributed by atoms with Crippen LogP contribution in [0.15, 0.2) is 65.7 Å². The van der Waals surface area contributed by atoms with Gasteiger partial charge >= 0.3 is 0 Å². The van der Waals surface area contributed by atoms with E-state index in [0.717, 1.165) is 44.2 Å². The van der Waals surface area contributed by atoms with E-state index in [2.05, 4.69) is 46.0 Å². The Morgan fingerprint density at radius 1 is 1.10 bits per heavy atom. The Kier molecular flexibility index (Phi) is 6.33. The van der Waals surface area contributed by atoms with Gasteiger partial charge in [-0.05, 0) is 30.5 Å². The van der Waals surface area contributed by atoms with Crippen molar-refractivity contribution < 1.29 is 9.53 Å². The summed E-state index contributed by atoms with van der Waals surface area (Å²) < 4.78 is 5.64. The maximum atomic E-state index is 12.5. The quantitative estimate of drug-likeness (QED) is 0.592. The maximum absolute atomic E-state index is 12.5. The summed E-state index contributed by atoms with van der Waals surface area (Å²) in [5.74, 6) is 0.879. The first-order valence-electron chi connectivity index (χ1n) is 10.7. The summed E-state index contributed by atoms with van der Waals surface area (Å²) in [5, 5.41) is 6.98. The third-order valence-electron chi connectivity index (χ3n) is 6.19. The number of aliphatic imine (C=N–C) groups is 1. The predicted octanol–water partition coefficient (Wildman–Crippen LogP) is 2.71. The highest BCUT2D eigenvalue weighted by Gasteiger charge is 2.35. The first kappa shape index (κ1) is 20.4. The molecule has 0 saturated carbocycles. The lowest BCUT2D eigenvalue weighted by molar-refractivity contribution is -0.117. The van der Waals surface area contributed by atoms with Crippen LogP contribution in [0.25, 0.3) is 0 Å². The second-order valence-electron chi connectivity index (χ2n) is 8.07. The Morgan fingerprint density at radius 3 is 2.43 bits per heavy atom. The number of carbonyl (C=O) groups is 1. The standard InChI is InChI=1S/C24H30N4O2/c1-25-23(27-20-16-22(29)28(17-20)21-10-6-3-7-11-21)26-18-24(12-14-30-15-13-24)19-8-4-2-5-9-19/h2-11,20H,12-18H2,1H3,(H2,25,26,27). The summed E-state index contributed by atoms with van der Waals surface area (Å²) >= 11 is 0. The lowest BCUT2D eigenvalue weighted by Crippen LogP contribution is -2.50. The molecule has 2 aliphatic rings. The van der Waals surface area contributed by atoms with Crippen molar-refractivity contribution in [1.82, 2.24) is 10.6 Å². The molecule has 158 valence electrons. The zero-order valence-corrected chi connectivity index (χ0v) is 17.5. The van der Waals surface area contributed by atoms with E-state index in [9.17, 15) is 4.79 Å². The first-order chi connectivity index (χ1) is 14.7. The van der Waals surface area contributed by atoms with Crippen LogP contribution in [-0.2, 0) is 14.9 Å². The monoisotopic (exact) mass is 406 g/mol. The number of hydrogen-bond donors (Lipinski definition) is 2. The predicted molar refractivity (Wildman–Crippen MR) is 120 cm³/mol. The highest BCUT2D eigenvalue weighted by molar-refractivity contribution is 5.97. The molecule has 6 nitrogen and oxygen atoms in total. The number of anilines is 1. The van der Waals surface area contributed by atoms with Crippen LogP contribution < -0.4 is 15.5 Å². The number of amides is 1. The molecule has 6 heteroatoms. The molecular formula is C24H30N4O2. The average molecular weight is 407 g/mol. The fraction of sp³-hybridized carbons (Fsp3) is 0.417. The van der Waals surface area contributed by atoms with E-state index in [4.69, 9.17) is 4.74 Å². The highest BCUT2D eigenvalue weighted by Crippen LogP contribution is 2.34. The summed E-state index contributed by atoms with van der Waals surface area (Å²) in [6, 6.07) is 20.5. The van der Waals surface area contributed by atoms with Crippen LogP contribution in [0.4, 0.5) is 5.69 Å². The van der Waals surface area contributed by atoms with Crippen LogP contribution in [0.1, 0.15) is 24.8 Å². The average Bonchev–Trinajstić information content (AvgIpc) is 3.18. The number of rotatable bonds is 5. The molecule has 2 aliphatic heterocycles. The lowest BCUT2D eigenvalue weighted by atomic mass is 9.74. The Labute approximate surface area is 178 Å². The smallest absolute Gasteiger partial charge is 0.229 e. The minimum absolute atomic E-state index is 0.0265. The number of guanidine groups is 1. The lowest BCUT2D eigenvalue weighted by Gasteiger charge is -2.38. The molecule has 2 aromatic rings. The number of benzene rings is 2. The Hall–Kier alpha value is -2.86. The molecule has 4 rings (SSSR count). The van der Waals surface area contributed by atoms with Crippen LogP contribution in [0.3, 0.4) is 0 Å². The van der Waals surface area contributed by atoms with E-state index in [1.54, 1.807) is 7.05 Å². The van der Waals surface area contributed by atoms with Crippen LogP contribution in [-0.4, -0.2) is 51.3 Å². The van der Waals surface area contributed by atoms with E-state index >= 15 is 0 Å². The van der Waals surface area contributed by atoms with Crippen molar-refractivity contribution in [3.05, 3.63) is 66.2 Å². The molecule has 2 N–H and O–H groups in total. The molecule has 30 heavy (non-hydrogen) atoms. The summed E-state index contributed by atoms with van der Waals surface area (Å²) in [6.07, 6.45) is 2.42. The SMILES string of the molecule is CN=C(NCC1(c2ccccc2)CCOCC1)NC1CC(=O)N(c2ccccc2)C1. The van der Waals surface area contributed by atoms with Gasteiger partial charge in [-0.25, -0.2) is 0 Å². The van der Waals surface area contributed by atoms with Gasteiger partial charge < -0.3 is 20.3 Å². The number of ether oxygens (including phenoxy) is 1. The van der Waals surface area contributed by atoms with Crippen molar-refractivity contribution in [1.29, 1.82) is 0 Å². The van der Waals surface area contributed by atoms with Crippen molar-refractivity contribution in [3.8, 4) is 0 Å². The van der Waals surface area contributed by atoms with Crippen LogP contribution in [0.5, 0.6) is 0 Å². The molecule has 0 aromatic heterocycles. The fourth-order valence-corrected chi connectivity index (χ4v) is 4.42. The summed E-state index contributed by atoms with van der Waals surface area (Å²) in [7, 11) is 1.78. The Morgan fingerprint density at radius 2 is 1.77 bits per heavy atom. The third-order valence-corrected chi connectivity index (χ3v) is 6.19. The van der Waals surface area contributed by atoms with Crippen molar-refractivity contribution in [2.75, 3.05) is 38.3 Å². The van der Waals surface area contributed by atoms with Crippen LogP contribution >= 0.6 is 0 Å². The summed E-state index contributed by atoms with van der Waals surface area (Å²) in [4.78, 5) is 18.8. The highest BCUT2D eigenvalue weighted by atomic mass is 16.5. The van der Waals surface area contributed by atoms with E-state index < -0.39 is 0 Å². The number of nitrogens with zero attached hydrogens (tertiary/aromatic N) is 2. The van der Waals surface area contributed by atoms with Gasteiger partial charge in [0.2, 0.25) is 5.91 Å². The van der Waals surface area contributed by atoms with Crippen LogP contribution in [0, 0.1) is 0 Å². The molecular weight excluding hydrogens is 376 g/mol.